The van der Waals surface area contributed by atoms with Gasteiger partial charge in [-0.3, -0.25) is 9.59 Å². The largest absolute Gasteiger partial charge is 0.354 e. The van der Waals surface area contributed by atoms with Gasteiger partial charge in [-0.15, -0.1) is 11.8 Å². The van der Waals surface area contributed by atoms with E-state index in [0.717, 1.165) is 16.9 Å². The van der Waals surface area contributed by atoms with Crippen molar-refractivity contribution in [3.8, 4) is 0 Å². The van der Waals surface area contributed by atoms with Crippen molar-refractivity contribution in [1.82, 2.24) is 10.2 Å². The highest BCUT2D eigenvalue weighted by Gasteiger charge is 2.25. The van der Waals surface area contributed by atoms with E-state index in [0.29, 0.717) is 11.6 Å². The molecule has 0 aliphatic carbocycles. The van der Waals surface area contributed by atoms with Crippen molar-refractivity contribution in [2.75, 3.05) is 12.3 Å². The van der Waals surface area contributed by atoms with Gasteiger partial charge in [-0.05, 0) is 55.3 Å². The van der Waals surface area contributed by atoms with Crippen molar-refractivity contribution in [3.63, 3.8) is 0 Å². The molecule has 0 unspecified atom stereocenters. The van der Waals surface area contributed by atoms with Crippen LogP contribution in [0.25, 0.3) is 0 Å². The molecule has 2 rings (SSSR count). The summed E-state index contributed by atoms with van der Waals surface area (Å²) >= 11 is 7.27. The van der Waals surface area contributed by atoms with Crippen LogP contribution in [-0.2, 0) is 16.1 Å². The third kappa shape index (κ3) is 6.84. The normalized spacial score (nSPS) is 11.7. The molecule has 0 radical (unpaired) electrons. The number of benzene rings is 2. The smallest absolute Gasteiger partial charge is 0.242 e. The first-order valence-corrected chi connectivity index (χ1v) is 10.5. The average Bonchev–Trinajstić information content (AvgIpc) is 2.70. The minimum atomic E-state index is -0.630. The lowest BCUT2D eigenvalue weighted by Gasteiger charge is -2.28. The van der Waals surface area contributed by atoms with Gasteiger partial charge in [0.25, 0.3) is 0 Å². The minimum absolute atomic E-state index is 0.163. The van der Waals surface area contributed by atoms with E-state index in [9.17, 15) is 14.0 Å². The lowest BCUT2D eigenvalue weighted by atomic mass is 10.1. The lowest BCUT2D eigenvalue weighted by molar-refractivity contribution is -0.138. The number of nitrogens with zero attached hydrogens (tertiary/aromatic N) is 1. The quantitative estimate of drug-likeness (QED) is 0.604. The first-order chi connectivity index (χ1) is 13.4. The van der Waals surface area contributed by atoms with E-state index in [1.165, 1.54) is 28.8 Å². The van der Waals surface area contributed by atoms with Crippen molar-refractivity contribution in [1.29, 1.82) is 0 Å². The molecule has 0 aliphatic rings. The average molecular weight is 423 g/mol. The first kappa shape index (κ1) is 22.2. The molecule has 2 aromatic carbocycles. The van der Waals surface area contributed by atoms with Gasteiger partial charge in [0.15, 0.2) is 0 Å². The van der Waals surface area contributed by atoms with Crippen molar-refractivity contribution >= 4 is 35.2 Å². The summed E-state index contributed by atoms with van der Waals surface area (Å²) in [4.78, 5) is 27.8. The summed E-state index contributed by atoms with van der Waals surface area (Å²) in [5, 5.41) is 3.46. The van der Waals surface area contributed by atoms with Gasteiger partial charge in [0.05, 0.1) is 5.75 Å². The molecule has 0 saturated carbocycles. The maximum atomic E-state index is 13.2. The first-order valence-electron chi connectivity index (χ1n) is 9.10. The molecule has 1 atom stereocenters. The van der Waals surface area contributed by atoms with Gasteiger partial charge in [-0.2, -0.15) is 0 Å². The molecule has 0 aromatic heterocycles. The second-order valence-corrected chi connectivity index (χ2v) is 7.84. The predicted octanol–water partition coefficient (Wildman–Crippen LogP) is 4.51. The fourth-order valence-electron chi connectivity index (χ4n) is 2.52. The van der Waals surface area contributed by atoms with E-state index in [-0.39, 0.29) is 29.9 Å². The molecule has 0 fully saturated rings. The van der Waals surface area contributed by atoms with Crippen LogP contribution in [0.15, 0.2) is 53.4 Å². The fraction of sp³-hybridized carbons (Fsp3) is 0.333. The van der Waals surface area contributed by atoms with Gasteiger partial charge in [0.1, 0.15) is 11.9 Å². The SMILES string of the molecule is CCCNC(=O)[C@H](C)N(Cc1ccc(F)cc1)C(=O)CSc1ccc(Cl)cc1. The lowest BCUT2D eigenvalue weighted by Crippen LogP contribution is -2.48. The Bertz CT molecular complexity index is 784. The van der Waals surface area contributed by atoms with Gasteiger partial charge < -0.3 is 10.2 Å². The highest BCUT2D eigenvalue weighted by molar-refractivity contribution is 8.00. The number of hydrogen-bond acceptors (Lipinski definition) is 3. The Morgan fingerprint density at radius 1 is 1.14 bits per heavy atom. The maximum absolute atomic E-state index is 13.2. The molecular formula is C21H24ClFN2O2S. The van der Waals surface area contributed by atoms with Gasteiger partial charge in [0, 0.05) is 23.0 Å². The third-order valence-corrected chi connectivity index (χ3v) is 5.41. The monoisotopic (exact) mass is 422 g/mol. The number of nitrogens with one attached hydrogen (secondary N) is 1. The van der Waals surface area contributed by atoms with E-state index >= 15 is 0 Å². The number of amides is 2. The van der Waals surface area contributed by atoms with E-state index in [4.69, 9.17) is 11.6 Å². The topological polar surface area (TPSA) is 49.4 Å². The minimum Gasteiger partial charge on any atom is -0.354 e. The van der Waals surface area contributed by atoms with Crippen LogP contribution in [0.2, 0.25) is 5.02 Å². The van der Waals surface area contributed by atoms with E-state index in [1.54, 1.807) is 31.2 Å². The highest BCUT2D eigenvalue weighted by atomic mass is 35.5. The summed E-state index contributed by atoms with van der Waals surface area (Å²) in [6.07, 6.45) is 0.816. The predicted molar refractivity (Wildman–Crippen MR) is 112 cm³/mol. The number of carbonyl (C=O) groups excluding carboxylic acids is 2. The van der Waals surface area contributed by atoms with E-state index in [1.807, 2.05) is 19.1 Å². The number of thioether (sulfide) groups is 1. The number of carbonyl (C=O) groups is 2. The molecule has 28 heavy (non-hydrogen) atoms. The van der Waals surface area contributed by atoms with Gasteiger partial charge in [-0.1, -0.05) is 30.7 Å². The molecule has 0 spiro atoms. The summed E-state index contributed by atoms with van der Waals surface area (Å²) in [6, 6.07) is 12.6. The molecule has 0 saturated heterocycles. The summed E-state index contributed by atoms with van der Waals surface area (Å²) in [7, 11) is 0. The van der Waals surface area contributed by atoms with Crippen LogP contribution in [0.1, 0.15) is 25.8 Å². The number of halogens is 2. The maximum Gasteiger partial charge on any atom is 0.242 e. The van der Waals surface area contributed by atoms with Crippen LogP contribution in [-0.4, -0.2) is 35.1 Å². The number of rotatable bonds is 9. The molecule has 2 aromatic rings. The second kappa shape index (κ2) is 11.1. The Hall–Kier alpha value is -2.05. The Kier molecular flexibility index (Phi) is 8.80. The van der Waals surface area contributed by atoms with Gasteiger partial charge in [0.2, 0.25) is 11.8 Å². The van der Waals surface area contributed by atoms with E-state index in [2.05, 4.69) is 5.32 Å². The standard InChI is InChI=1S/C21H24ClFN2O2S/c1-3-12-24-21(27)15(2)25(13-16-4-8-18(23)9-5-16)20(26)14-28-19-10-6-17(22)7-11-19/h4-11,15H,3,12-14H2,1-2H3,(H,24,27)/t15-/m0/s1. The summed E-state index contributed by atoms with van der Waals surface area (Å²) in [5.41, 5.74) is 0.765. The number of hydrogen-bond donors (Lipinski definition) is 1. The Morgan fingerprint density at radius 3 is 2.39 bits per heavy atom. The summed E-state index contributed by atoms with van der Waals surface area (Å²) in [5.74, 6) is -0.514. The Morgan fingerprint density at radius 2 is 1.79 bits per heavy atom. The molecule has 0 heterocycles. The van der Waals surface area contributed by atoms with E-state index < -0.39 is 6.04 Å². The highest BCUT2D eigenvalue weighted by Crippen LogP contribution is 2.22. The zero-order valence-electron chi connectivity index (χ0n) is 16.0. The third-order valence-electron chi connectivity index (χ3n) is 4.16. The Balaban J connectivity index is 2.10. The van der Waals surface area contributed by atoms with Crippen LogP contribution < -0.4 is 5.32 Å². The summed E-state index contributed by atoms with van der Waals surface area (Å²) in [6.45, 7) is 4.47. The van der Waals surface area contributed by atoms with Gasteiger partial charge in [-0.25, -0.2) is 4.39 Å². The molecule has 0 aliphatic heterocycles. The second-order valence-electron chi connectivity index (χ2n) is 6.36. The fourth-order valence-corrected chi connectivity index (χ4v) is 3.43. The van der Waals surface area contributed by atoms with Crippen LogP contribution in [0.3, 0.4) is 0 Å². The van der Waals surface area contributed by atoms with Crippen molar-refractivity contribution in [3.05, 3.63) is 64.9 Å². The molecule has 0 bridgehead atoms. The van der Waals surface area contributed by atoms with Crippen LogP contribution in [0, 0.1) is 5.82 Å². The zero-order valence-corrected chi connectivity index (χ0v) is 17.5. The van der Waals surface area contributed by atoms with Crippen LogP contribution in [0.4, 0.5) is 4.39 Å². The molecule has 2 amide bonds. The van der Waals surface area contributed by atoms with Crippen molar-refractivity contribution in [2.24, 2.45) is 0 Å². The van der Waals surface area contributed by atoms with Crippen molar-refractivity contribution < 1.29 is 14.0 Å². The zero-order chi connectivity index (χ0) is 20.5. The van der Waals surface area contributed by atoms with Gasteiger partial charge >= 0.3 is 0 Å². The molecular weight excluding hydrogens is 399 g/mol. The molecule has 4 nitrogen and oxygen atoms in total. The van der Waals surface area contributed by atoms with Crippen LogP contribution >= 0.6 is 23.4 Å². The molecule has 1 N–H and O–H groups in total. The molecule has 7 heteroatoms. The Labute approximate surface area is 174 Å². The summed E-state index contributed by atoms with van der Waals surface area (Å²) < 4.78 is 13.2. The van der Waals surface area contributed by atoms with Crippen LogP contribution in [0.5, 0.6) is 0 Å². The molecule has 150 valence electrons. The van der Waals surface area contributed by atoms with Crippen molar-refractivity contribution in [2.45, 2.75) is 37.8 Å².